The van der Waals surface area contributed by atoms with Gasteiger partial charge in [0, 0.05) is 29.2 Å². The minimum Gasteiger partial charge on any atom is -0.493 e. The van der Waals surface area contributed by atoms with Gasteiger partial charge in [-0.25, -0.2) is 9.67 Å². The largest absolute Gasteiger partial charge is 0.493 e. The molecular formula is C18H22ClN5O2. The SMILES string of the molecule is COc1ccc(Nc2cc(C)nc(-n3nc(C)cc3C)n2)cc1OC.Cl. The molecule has 0 aliphatic carbocycles. The number of anilines is 2. The van der Waals surface area contributed by atoms with Gasteiger partial charge in [0.2, 0.25) is 0 Å². The van der Waals surface area contributed by atoms with Crippen molar-refractivity contribution in [3.63, 3.8) is 0 Å². The van der Waals surface area contributed by atoms with Crippen molar-refractivity contribution in [3.05, 3.63) is 47.4 Å². The zero-order valence-electron chi connectivity index (χ0n) is 15.4. The first-order valence-electron chi connectivity index (χ1n) is 7.88. The molecule has 0 amide bonds. The number of halogens is 1. The highest BCUT2D eigenvalue weighted by Crippen LogP contribution is 2.31. The van der Waals surface area contributed by atoms with Crippen LogP contribution in [0.4, 0.5) is 11.5 Å². The average Bonchev–Trinajstić information content (AvgIpc) is 2.92. The Kier molecular flexibility index (Phi) is 6.05. The van der Waals surface area contributed by atoms with Crippen LogP contribution in [0.5, 0.6) is 11.5 Å². The second kappa shape index (κ2) is 8.05. The van der Waals surface area contributed by atoms with Crippen LogP contribution in [0.15, 0.2) is 30.3 Å². The van der Waals surface area contributed by atoms with E-state index >= 15 is 0 Å². The van der Waals surface area contributed by atoms with E-state index in [1.54, 1.807) is 18.9 Å². The fraction of sp³-hybridized carbons (Fsp3) is 0.278. The first kappa shape index (κ1) is 19.5. The van der Waals surface area contributed by atoms with Crippen LogP contribution in [0.25, 0.3) is 5.95 Å². The van der Waals surface area contributed by atoms with Crippen molar-refractivity contribution >= 4 is 23.9 Å². The first-order valence-corrected chi connectivity index (χ1v) is 7.88. The summed E-state index contributed by atoms with van der Waals surface area (Å²) in [5.41, 5.74) is 3.60. The van der Waals surface area contributed by atoms with Gasteiger partial charge in [0.05, 0.1) is 19.9 Å². The van der Waals surface area contributed by atoms with E-state index in [4.69, 9.17) is 9.47 Å². The van der Waals surface area contributed by atoms with Crippen LogP contribution in [-0.2, 0) is 0 Å². The fourth-order valence-corrected chi connectivity index (χ4v) is 2.60. The average molecular weight is 376 g/mol. The van der Waals surface area contributed by atoms with Gasteiger partial charge >= 0.3 is 0 Å². The number of nitrogens with zero attached hydrogens (tertiary/aromatic N) is 4. The number of aromatic nitrogens is 4. The Morgan fingerprint density at radius 2 is 1.62 bits per heavy atom. The van der Waals surface area contributed by atoms with Crippen LogP contribution in [0.2, 0.25) is 0 Å². The predicted octanol–water partition coefficient (Wildman–Crippen LogP) is 3.77. The molecule has 0 aliphatic rings. The number of nitrogens with one attached hydrogen (secondary N) is 1. The Balaban J connectivity index is 0.00000243. The maximum atomic E-state index is 5.34. The van der Waals surface area contributed by atoms with Crippen molar-refractivity contribution in [1.82, 2.24) is 19.7 Å². The van der Waals surface area contributed by atoms with Crippen LogP contribution in [0.1, 0.15) is 17.1 Å². The monoisotopic (exact) mass is 375 g/mol. The first-order chi connectivity index (χ1) is 12.0. The third-order valence-corrected chi connectivity index (χ3v) is 3.70. The predicted molar refractivity (Wildman–Crippen MR) is 103 cm³/mol. The summed E-state index contributed by atoms with van der Waals surface area (Å²) in [5.74, 6) is 2.54. The quantitative estimate of drug-likeness (QED) is 0.731. The number of benzene rings is 1. The summed E-state index contributed by atoms with van der Waals surface area (Å²) in [6, 6.07) is 9.48. The molecule has 0 saturated heterocycles. The lowest BCUT2D eigenvalue weighted by Gasteiger charge is -2.12. The summed E-state index contributed by atoms with van der Waals surface area (Å²) in [5, 5.41) is 7.73. The van der Waals surface area contributed by atoms with Crippen LogP contribution in [-0.4, -0.2) is 34.0 Å². The van der Waals surface area contributed by atoms with E-state index in [-0.39, 0.29) is 12.4 Å². The minimum atomic E-state index is 0. The van der Waals surface area contributed by atoms with Crippen LogP contribution in [0, 0.1) is 20.8 Å². The molecule has 0 fully saturated rings. The molecule has 138 valence electrons. The normalized spacial score (nSPS) is 10.2. The Bertz CT molecular complexity index is 911. The lowest BCUT2D eigenvalue weighted by Crippen LogP contribution is -2.08. The third kappa shape index (κ3) is 4.05. The van der Waals surface area contributed by atoms with E-state index in [2.05, 4.69) is 20.4 Å². The Labute approximate surface area is 158 Å². The number of ether oxygens (including phenoxy) is 2. The van der Waals surface area contributed by atoms with Crippen LogP contribution >= 0.6 is 12.4 Å². The van der Waals surface area contributed by atoms with E-state index in [1.807, 2.05) is 51.1 Å². The summed E-state index contributed by atoms with van der Waals surface area (Å²) < 4.78 is 12.3. The van der Waals surface area contributed by atoms with Crippen molar-refractivity contribution in [2.45, 2.75) is 20.8 Å². The number of rotatable bonds is 5. The molecule has 1 N–H and O–H groups in total. The lowest BCUT2D eigenvalue weighted by molar-refractivity contribution is 0.355. The molecule has 0 atom stereocenters. The molecule has 0 aliphatic heterocycles. The van der Waals surface area contributed by atoms with Gasteiger partial charge in [-0.15, -0.1) is 12.4 Å². The van der Waals surface area contributed by atoms with Gasteiger partial charge in [0.15, 0.2) is 11.5 Å². The maximum Gasteiger partial charge on any atom is 0.252 e. The smallest absolute Gasteiger partial charge is 0.252 e. The van der Waals surface area contributed by atoms with Gasteiger partial charge < -0.3 is 14.8 Å². The topological polar surface area (TPSA) is 74.1 Å². The number of aryl methyl sites for hydroxylation is 3. The Morgan fingerprint density at radius 1 is 0.885 bits per heavy atom. The minimum absolute atomic E-state index is 0. The van der Waals surface area contributed by atoms with E-state index in [1.165, 1.54) is 0 Å². The van der Waals surface area contributed by atoms with Crippen LogP contribution in [0.3, 0.4) is 0 Å². The van der Waals surface area contributed by atoms with Crippen molar-refractivity contribution in [2.75, 3.05) is 19.5 Å². The van der Waals surface area contributed by atoms with Crippen molar-refractivity contribution in [3.8, 4) is 17.4 Å². The van der Waals surface area contributed by atoms with Crippen molar-refractivity contribution in [2.24, 2.45) is 0 Å². The van der Waals surface area contributed by atoms with Crippen molar-refractivity contribution in [1.29, 1.82) is 0 Å². The lowest BCUT2D eigenvalue weighted by atomic mass is 10.2. The van der Waals surface area contributed by atoms with E-state index in [0.717, 1.165) is 22.8 Å². The van der Waals surface area contributed by atoms with Gasteiger partial charge in [-0.05, 0) is 39.0 Å². The van der Waals surface area contributed by atoms with Gasteiger partial charge in [0.25, 0.3) is 5.95 Å². The van der Waals surface area contributed by atoms with E-state index in [9.17, 15) is 0 Å². The molecular weight excluding hydrogens is 354 g/mol. The molecule has 3 rings (SSSR count). The summed E-state index contributed by atoms with van der Waals surface area (Å²) in [6.45, 7) is 5.85. The molecule has 0 spiro atoms. The molecule has 2 aromatic heterocycles. The van der Waals surface area contributed by atoms with Crippen LogP contribution < -0.4 is 14.8 Å². The summed E-state index contributed by atoms with van der Waals surface area (Å²) >= 11 is 0. The standard InChI is InChI=1S/C18H21N5O2.ClH/c1-11-9-17(20-14-6-7-15(24-4)16(10-14)25-5)21-18(19-11)23-13(3)8-12(2)22-23;/h6-10H,1-5H3,(H,19,20,21);1H. The van der Waals surface area contributed by atoms with Gasteiger partial charge in [-0.1, -0.05) is 0 Å². The molecule has 3 aromatic rings. The molecule has 0 radical (unpaired) electrons. The molecule has 0 unspecified atom stereocenters. The zero-order valence-corrected chi connectivity index (χ0v) is 16.2. The van der Waals surface area contributed by atoms with Gasteiger partial charge in [-0.3, -0.25) is 0 Å². The van der Waals surface area contributed by atoms with Gasteiger partial charge in [0.1, 0.15) is 5.82 Å². The second-order valence-electron chi connectivity index (χ2n) is 5.73. The highest BCUT2D eigenvalue weighted by molar-refractivity contribution is 5.85. The summed E-state index contributed by atoms with van der Waals surface area (Å²) in [7, 11) is 3.22. The zero-order chi connectivity index (χ0) is 18.0. The molecule has 1 aromatic carbocycles. The number of hydrogen-bond acceptors (Lipinski definition) is 6. The number of hydrogen-bond donors (Lipinski definition) is 1. The Morgan fingerprint density at radius 3 is 2.23 bits per heavy atom. The van der Waals surface area contributed by atoms with Crippen molar-refractivity contribution < 1.29 is 9.47 Å². The molecule has 8 heteroatoms. The summed E-state index contributed by atoms with van der Waals surface area (Å²) in [6.07, 6.45) is 0. The number of methoxy groups -OCH3 is 2. The van der Waals surface area contributed by atoms with E-state index < -0.39 is 0 Å². The van der Waals surface area contributed by atoms with Gasteiger partial charge in [-0.2, -0.15) is 10.1 Å². The molecule has 2 heterocycles. The molecule has 26 heavy (non-hydrogen) atoms. The molecule has 0 bridgehead atoms. The highest BCUT2D eigenvalue weighted by atomic mass is 35.5. The van der Waals surface area contributed by atoms with E-state index in [0.29, 0.717) is 23.3 Å². The molecule has 7 nitrogen and oxygen atoms in total. The maximum absolute atomic E-state index is 5.34. The summed E-state index contributed by atoms with van der Waals surface area (Å²) in [4.78, 5) is 9.06. The third-order valence-electron chi connectivity index (χ3n) is 3.70. The fourth-order valence-electron chi connectivity index (χ4n) is 2.60. The highest BCUT2D eigenvalue weighted by Gasteiger charge is 2.10. The Hall–Kier alpha value is -2.80. The second-order valence-corrected chi connectivity index (χ2v) is 5.73. The molecule has 0 saturated carbocycles.